The van der Waals surface area contributed by atoms with Gasteiger partial charge in [-0.15, -0.1) is 0 Å². The van der Waals surface area contributed by atoms with Gasteiger partial charge in [-0.05, 0) is 40.0 Å². The number of rotatable bonds is 6. The van der Waals surface area contributed by atoms with Gasteiger partial charge in [0.05, 0.1) is 0 Å². The van der Waals surface area contributed by atoms with Gasteiger partial charge < -0.3 is 10.2 Å². The van der Waals surface area contributed by atoms with E-state index in [2.05, 4.69) is 26.8 Å². The smallest absolute Gasteiger partial charge is 0.303 e. The molecule has 4 nitrogen and oxygen atoms in total. The summed E-state index contributed by atoms with van der Waals surface area (Å²) in [6, 6.07) is 0. The van der Waals surface area contributed by atoms with E-state index in [9.17, 15) is 4.79 Å². The molecule has 0 saturated carbocycles. The molecular formula is C14H24O4. The lowest BCUT2D eigenvalue weighted by Gasteiger charge is -1.98. The SMILES string of the molecule is CC(=O)O.CC(C)=CCCC(C)=CCCC(=O)O. The molecule has 0 unspecified atom stereocenters. The molecule has 0 rings (SSSR count). The zero-order valence-corrected chi connectivity index (χ0v) is 11.7. The normalized spacial score (nSPS) is 10.1. The topological polar surface area (TPSA) is 74.6 Å². The quantitative estimate of drug-likeness (QED) is 0.711. The molecule has 0 aromatic carbocycles. The van der Waals surface area contributed by atoms with E-state index < -0.39 is 11.9 Å². The molecule has 2 N–H and O–H groups in total. The highest BCUT2D eigenvalue weighted by Gasteiger charge is 1.94. The summed E-state index contributed by atoms with van der Waals surface area (Å²) in [5.74, 6) is -1.56. The van der Waals surface area contributed by atoms with Crippen molar-refractivity contribution in [1.82, 2.24) is 0 Å². The van der Waals surface area contributed by atoms with Gasteiger partial charge in [0.15, 0.2) is 0 Å². The van der Waals surface area contributed by atoms with Crippen molar-refractivity contribution >= 4 is 11.9 Å². The van der Waals surface area contributed by atoms with Gasteiger partial charge >= 0.3 is 5.97 Å². The highest BCUT2D eigenvalue weighted by Crippen LogP contribution is 2.08. The van der Waals surface area contributed by atoms with Crippen molar-refractivity contribution in [2.45, 2.75) is 53.4 Å². The molecule has 0 spiro atoms. The van der Waals surface area contributed by atoms with Crippen LogP contribution >= 0.6 is 0 Å². The number of hydrogen-bond acceptors (Lipinski definition) is 2. The first-order valence-corrected chi connectivity index (χ1v) is 5.96. The Hall–Kier alpha value is -1.58. The van der Waals surface area contributed by atoms with Crippen LogP contribution in [-0.2, 0) is 9.59 Å². The Labute approximate surface area is 109 Å². The predicted octanol–water partition coefficient (Wildman–Crippen LogP) is 3.63. The predicted molar refractivity (Wildman–Crippen MR) is 72.6 cm³/mol. The van der Waals surface area contributed by atoms with Crippen molar-refractivity contribution < 1.29 is 19.8 Å². The van der Waals surface area contributed by atoms with Gasteiger partial charge in [0, 0.05) is 13.3 Å². The van der Waals surface area contributed by atoms with E-state index in [1.165, 1.54) is 11.1 Å². The first kappa shape index (κ1) is 18.8. The largest absolute Gasteiger partial charge is 0.481 e. The number of allylic oxidation sites excluding steroid dienone is 4. The lowest BCUT2D eigenvalue weighted by molar-refractivity contribution is -0.137. The van der Waals surface area contributed by atoms with Gasteiger partial charge in [-0.25, -0.2) is 0 Å². The molecule has 4 heteroatoms. The van der Waals surface area contributed by atoms with Crippen LogP contribution < -0.4 is 0 Å². The Bertz CT molecular complexity index is 306. The van der Waals surface area contributed by atoms with E-state index in [0.29, 0.717) is 6.42 Å². The summed E-state index contributed by atoms with van der Waals surface area (Å²) < 4.78 is 0. The van der Waals surface area contributed by atoms with Gasteiger partial charge in [0.2, 0.25) is 0 Å². The van der Waals surface area contributed by atoms with Gasteiger partial charge in [0.1, 0.15) is 0 Å². The van der Waals surface area contributed by atoms with Crippen LogP contribution in [-0.4, -0.2) is 22.2 Å². The number of aliphatic carboxylic acids is 2. The highest BCUT2D eigenvalue weighted by molar-refractivity contribution is 5.66. The van der Waals surface area contributed by atoms with E-state index in [1.807, 2.05) is 6.08 Å². The van der Waals surface area contributed by atoms with Crippen molar-refractivity contribution in [3.8, 4) is 0 Å². The molecule has 0 aromatic heterocycles. The standard InChI is InChI=1S/C12H20O2.C2H4O2/c1-10(2)6-4-7-11(3)8-5-9-12(13)14;1-2(3)4/h6,8H,4-5,7,9H2,1-3H3,(H,13,14);1H3,(H,3,4). The third-order valence-corrected chi connectivity index (χ3v) is 1.94. The van der Waals surface area contributed by atoms with Crippen molar-refractivity contribution in [2.75, 3.05) is 0 Å². The minimum Gasteiger partial charge on any atom is -0.481 e. The summed E-state index contributed by atoms with van der Waals surface area (Å²) in [7, 11) is 0. The molecule has 18 heavy (non-hydrogen) atoms. The van der Waals surface area contributed by atoms with Crippen LogP contribution in [0.15, 0.2) is 23.3 Å². The summed E-state index contributed by atoms with van der Waals surface area (Å²) in [5, 5.41) is 15.9. The number of carboxylic acid groups (broad SMARTS) is 2. The molecule has 0 aromatic rings. The molecule has 0 fully saturated rings. The number of carboxylic acids is 2. The maximum Gasteiger partial charge on any atom is 0.303 e. The summed E-state index contributed by atoms with van der Waals surface area (Å²) >= 11 is 0. The molecule has 0 radical (unpaired) electrons. The number of hydrogen-bond donors (Lipinski definition) is 2. The Balaban J connectivity index is 0. The van der Waals surface area contributed by atoms with Crippen LogP contribution in [0.5, 0.6) is 0 Å². The Morgan fingerprint density at radius 3 is 1.72 bits per heavy atom. The molecule has 104 valence electrons. The summed E-state index contributed by atoms with van der Waals surface area (Å²) in [5.41, 5.74) is 2.62. The lowest BCUT2D eigenvalue weighted by Crippen LogP contribution is -1.92. The van der Waals surface area contributed by atoms with Crippen LogP contribution in [0.1, 0.15) is 53.4 Å². The molecule has 0 bridgehead atoms. The summed E-state index contributed by atoms with van der Waals surface area (Å²) in [4.78, 5) is 19.2. The maximum absolute atomic E-state index is 10.2. The van der Waals surface area contributed by atoms with E-state index in [4.69, 9.17) is 15.0 Å². The van der Waals surface area contributed by atoms with E-state index >= 15 is 0 Å². The fourth-order valence-electron chi connectivity index (χ4n) is 1.13. The van der Waals surface area contributed by atoms with Crippen molar-refractivity contribution in [3.63, 3.8) is 0 Å². The fraction of sp³-hybridized carbons (Fsp3) is 0.571. The van der Waals surface area contributed by atoms with Gasteiger partial charge in [-0.2, -0.15) is 0 Å². The first-order valence-electron chi connectivity index (χ1n) is 5.96. The van der Waals surface area contributed by atoms with Crippen LogP contribution in [0.2, 0.25) is 0 Å². The summed E-state index contributed by atoms with van der Waals surface area (Å²) in [6.07, 6.45) is 7.19. The third kappa shape index (κ3) is 23.9. The minimum atomic E-state index is -0.833. The second kappa shape index (κ2) is 11.9. The molecule has 0 atom stereocenters. The van der Waals surface area contributed by atoms with Gasteiger partial charge in [-0.1, -0.05) is 23.3 Å². The Morgan fingerprint density at radius 2 is 1.33 bits per heavy atom. The molecule has 0 aliphatic heterocycles. The van der Waals surface area contributed by atoms with E-state index in [-0.39, 0.29) is 6.42 Å². The second-order valence-electron chi connectivity index (χ2n) is 4.32. The number of carbonyl (C=O) groups is 2. The van der Waals surface area contributed by atoms with Gasteiger partial charge in [0.25, 0.3) is 5.97 Å². The van der Waals surface area contributed by atoms with Crippen molar-refractivity contribution in [1.29, 1.82) is 0 Å². The molecule has 0 amide bonds. The second-order valence-corrected chi connectivity index (χ2v) is 4.32. The molecule has 0 heterocycles. The average Bonchev–Trinajstić information content (AvgIpc) is 2.15. The average molecular weight is 256 g/mol. The minimum absolute atomic E-state index is 0.236. The maximum atomic E-state index is 10.2. The molecule has 0 saturated heterocycles. The van der Waals surface area contributed by atoms with E-state index in [1.54, 1.807) is 0 Å². The van der Waals surface area contributed by atoms with Crippen LogP contribution in [0.3, 0.4) is 0 Å². The monoisotopic (exact) mass is 256 g/mol. The molecular weight excluding hydrogens is 232 g/mol. The van der Waals surface area contributed by atoms with E-state index in [0.717, 1.165) is 19.8 Å². The zero-order chi connectivity index (χ0) is 14.6. The Morgan fingerprint density at radius 1 is 0.889 bits per heavy atom. The highest BCUT2D eigenvalue weighted by atomic mass is 16.4. The van der Waals surface area contributed by atoms with Crippen LogP contribution in [0.25, 0.3) is 0 Å². The first-order chi connectivity index (χ1) is 8.25. The molecule has 0 aliphatic carbocycles. The van der Waals surface area contributed by atoms with Gasteiger partial charge in [-0.3, -0.25) is 9.59 Å². The molecule has 0 aliphatic rings. The zero-order valence-electron chi connectivity index (χ0n) is 11.7. The van der Waals surface area contributed by atoms with Crippen LogP contribution in [0, 0.1) is 0 Å². The third-order valence-electron chi connectivity index (χ3n) is 1.94. The Kier molecular flexibility index (Phi) is 12.4. The van der Waals surface area contributed by atoms with Crippen LogP contribution in [0.4, 0.5) is 0 Å². The fourth-order valence-corrected chi connectivity index (χ4v) is 1.13. The van der Waals surface area contributed by atoms with Crippen molar-refractivity contribution in [3.05, 3.63) is 23.3 Å². The lowest BCUT2D eigenvalue weighted by atomic mass is 10.1. The van der Waals surface area contributed by atoms with Crippen molar-refractivity contribution in [2.24, 2.45) is 0 Å². The summed E-state index contributed by atoms with van der Waals surface area (Å²) in [6.45, 7) is 7.31.